The molecule has 0 amide bonds. The SMILES string of the molecule is COc1ccc2ncc(CF)c([C@H](O)CCC3(CO)CCN(CCCc4c(F)cc(F)cc4F)CC3)c2c1. The lowest BCUT2D eigenvalue weighted by Gasteiger charge is -2.41. The average molecular weight is 535 g/mol. The van der Waals surface area contributed by atoms with Crippen molar-refractivity contribution in [3.63, 3.8) is 0 Å². The van der Waals surface area contributed by atoms with E-state index in [0.29, 0.717) is 91.7 Å². The molecule has 2 heterocycles. The first-order chi connectivity index (χ1) is 18.3. The van der Waals surface area contributed by atoms with E-state index >= 15 is 0 Å². The molecule has 1 aliphatic rings. The number of methoxy groups -OCH3 is 1. The van der Waals surface area contributed by atoms with Crippen LogP contribution in [0.25, 0.3) is 10.9 Å². The second-order valence-corrected chi connectivity index (χ2v) is 10.2. The van der Waals surface area contributed by atoms with Gasteiger partial charge in [-0.3, -0.25) is 4.98 Å². The number of aliphatic hydroxyl groups is 2. The average Bonchev–Trinajstić information content (AvgIpc) is 2.92. The van der Waals surface area contributed by atoms with E-state index in [0.717, 1.165) is 0 Å². The van der Waals surface area contributed by atoms with Crippen molar-refractivity contribution in [3.05, 3.63) is 70.7 Å². The predicted molar refractivity (Wildman–Crippen MR) is 137 cm³/mol. The smallest absolute Gasteiger partial charge is 0.132 e. The number of rotatable bonds is 11. The van der Waals surface area contributed by atoms with Gasteiger partial charge in [0.25, 0.3) is 0 Å². The molecule has 2 aromatic carbocycles. The van der Waals surface area contributed by atoms with Crippen LogP contribution in [0.4, 0.5) is 17.6 Å². The summed E-state index contributed by atoms with van der Waals surface area (Å²) in [5.74, 6) is -2.07. The fraction of sp³-hybridized carbons (Fsp3) is 0.483. The lowest BCUT2D eigenvalue weighted by atomic mass is 9.74. The van der Waals surface area contributed by atoms with Gasteiger partial charge in [-0.1, -0.05) is 0 Å². The number of ether oxygens (including phenoxy) is 1. The van der Waals surface area contributed by atoms with Crippen LogP contribution in [0.5, 0.6) is 5.75 Å². The summed E-state index contributed by atoms with van der Waals surface area (Å²) in [5, 5.41) is 22.1. The molecule has 0 bridgehead atoms. The maximum Gasteiger partial charge on any atom is 0.132 e. The highest BCUT2D eigenvalue weighted by molar-refractivity contribution is 5.85. The van der Waals surface area contributed by atoms with Crippen molar-refractivity contribution in [1.29, 1.82) is 0 Å². The van der Waals surface area contributed by atoms with Crippen molar-refractivity contribution in [1.82, 2.24) is 9.88 Å². The van der Waals surface area contributed by atoms with Gasteiger partial charge in [-0.05, 0) is 87.3 Å². The van der Waals surface area contributed by atoms with E-state index in [9.17, 15) is 27.8 Å². The van der Waals surface area contributed by atoms with Crippen LogP contribution in [0, 0.1) is 22.9 Å². The van der Waals surface area contributed by atoms with E-state index in [-0.39, 0.29) is 24.0 Å². The maximum atomic E-state index is 13.9. The van der Waals surface area contributed by atoms with Crippen molar-refractivity contribution in [2.24, 2.45) is 5.41 Å². The zero-order valence-electron chi connectivity index (χ0n) is 21.5. The fourth-order valence-electron chi connectivity index (χ4n) is 5.48. The summed E-state index contributed by atoms with van der Waals surface area (Å²) < 4.78 is 60.0. The first-order valence-electron chi connectivity index (χ1n) is 13.0. The van der Waals surface area contributed by atoms with Gasteiger partial charge in [0.1, 0.15) is 29.9 Å². The molecule has 4 rings (SSSR count). The normalized spacial score (nSPS) is 16.6. The summed E-state index contributed by atoms with van der Waals surface area (Å²) in [6.45, 7) is 1.26. The number of fused-ring (bicyclic) bond motifs is 1. The van der Waals surface area contributed by atoms with E-state index in [4.69, 9.17) is 4.74 Å². The van der Waals surface area contributed by atoms with Crippen LogP contribution < -0.4 is 4.74 Å². The molecule has 1 aliphatic heterocycles. The van der Waals surface area contributed by atoms with Crippen LogP contribution in [-0.4, -0.2) is 53.4 Å². The highest BCUT2D eigenvalue weighted by Gasteiger charge is 2.34. The Labute approximate surface area is 220 Å². The third-order valence-corrected chi connectivity index (χ3v) is 7.88. The van der Waals surface area contributed by atoms with Crippen molar-refractivity contribution < 1.29 is 32.5 Å². The summed E-state index contributed by atoms with van der Waals surface area (Å²) in [7, 11) is 1.54. The highest BCUT2D eigenvalue weighted by atomic mass is 19.1. The van der Waals surface area contributed by atoms with E-state index in [1.165, 1.54) is 6.20 Å². The summed E-state index contributed by atoms with van der Waals surface area (Å²) >= 11 is 0. The van der Waals surface area contributed by atoms with Crippen molar-refractivity contribution in [3.8, 4) is 5.75 Å². The first-order valence-corrected chi connectivity index (χ1v) is 13.0. The van der Waals surface area contributed by atoms with Crippen molar-refractivity contribution in [2.75, 3.05) is 33.4 Å². The molecular weight excluding hydrogens is 500 g/mol. The second kappa shape index (κ2) is 12.4. The molecule has 1 saturated heterocycles. The molecule has 0 saturated carbocycles. The van der Waals surface area contributed by atoms with Gasteiger partial charge in [0.2, 0.25) is 0 Å². The molecule has 0 aliphatic carbocycles. The minimum absolute atomic E-state index is 0.0273. The molecule has 1 aromatic heterocycles. The number of aromatic nitrogens is 1. The van der Waals surface area contributed by atoms with Gasteiger partial charge in [0.15, 0.2) is 0 Å². The minimum atomic E-state index is -0.930. The molecule has 206 valence electrons. The Morgan fingerprint density at radius 2 is 1.82 bits per heavy atom. The number of pyridine rings is 1. The minimum Gasteiger partial charge on any atom is -0.497 e. The Balaban J connectivity index is 1.35. The molecule has 38 heavy (non-hydrogen) atoms. The van der Waals surface area contributed by atoms with Gasteiger partial charge in [-0.25, -0.2) is 17.6 Å². The molecule has 1 atom stereocenters. The van der Waals surface area contributed by atoms with Crippen LogP contribution in [0.3, 0.4) is 0 Å². The fourth-order valence-corrected chi connectivity index (χ4v) is 5.48. The molecule has 1 fully saturated rings. The molecule has 2 N–H and O–H groups in total. The lowest BCUT2D eigenvalue weighted by Crippen LogP contribution is -2.42. The zero-order chi connectivity index (χ0) is 27.3. The number of piperidine rings is 1. The molecular formula is C29H34F4N2O3. The number of likely N-dealkylation sites (tertiary alicyclic amines) is 1. The van der Waals surface area contributed by atoms with Gasteiger partial charge < -0.3 is 19.8 Å². The topological polar surface area (TPSA) is 65.8 Å². The van der Waals surface area contributed by atoms with Crippen LogP contribution in [0.15, 0.2) is 36.5 Å². The van der Waals surface area contributed by atoms with Crippen LogP contribution in [0.2, 0.25) is 0 Å². The summed E-state index contributed by atoms with van der Waals surface area (Å²) in [6.07, 6.45) is 3.55. The summed E-state index contributed by atoms with van der Waals surface area (Å²) in [5.41, 5.74) is 1.00. The summed E-state index contributed by atoms with van der Waals surface area (Å²) in [6, 6.07) is 6.69. The second-order valence-electron chi connectivity index (χ2n) is 10.2. The van der Waals surface area contributed by atoms with Crippen molar-refractivity contribution >= 4 is 10.9 Å². The van der Waals surface area contributed by atoms with Gasteiger partial charge in [-0.2, -0.15) is 0 Å². The van der Waals surface area contributed by atoms with Gasteiger partial charge in [0, 0.05) is 41.4 Å². The van der Waals surface area contributed by atoms with E-state index < -0.39 is 30.2 Å². The van der Waals surface area contributed by atoms with Gasteiger partial charge in [0.05, 0.1) is 18.7 Å². The number of aliphatic hydroxyl groups excluding tert-OH is 2. The Bertz CT molecular complexity index is 1220. The molecule has 5 nitrogen and oxygen atoms in total. The largest absolute Gasteiger partial charge is 0.497 e. The molecule has 3 aromatic rings. The maximum absolute atomic E-state index is 13.9. The van der Waals surface area contributed by atoms with Gasteiger partial charge >= 0.3 is 0 Å². The Kier molecular flexibility index (Phi) is 9.23. The van der Waals surface area contributed by atoms with E-state index in [1.54, 1.807) is 25.3 Å². The third kappa shape index (κ3) is 6.27. The summed E-state index contributed by atoms with van der Waals surface area (Å²) in [4.78, 5) is 6.49. The van der Waals surface area contributed by atoms with Crippen LogP contribution in [-0.2, 0) is 13.1 Å². The molecule has 0 radical (unpaired) electrons. The number of hydrogen-bond donors (Lipinski definition) is 2. The van der Waals surface area contributed by atoms with Gasteiger partial charge in [-0.15, -0.1) is 0 Å². The zero-order valence-corrected chi connectivity index (χ0v) is 21.5. The number of hydrogen-bond acceptors (Lipinski definition) is 5. The number of benzene rings is 2. The molecule has 9 heteroatoms. The standard InChI is InChI=1S/C29H34F4N2O3/c1-38-21-4-5-26-23(15-21)28(19(16-30)17-34-26)27(37)6-7-29(18-36)8-11-35(12-9-29)10-2-3-22-24(32)13-20(31)14-25(22)33/h4-5,13-15,17,27,36-37H,2-3,6-12,16,18H2,1H3/t27-/m1/s1. The third-order valence-electron chi connectivity index (χ3n) is 7.88. The van der Waals surface area contributed by atoms with Crippen LogP contribution >= 0.6 is 0 Å². The van der Waals surface area contributed by atoms with Crippen molar-refractivity contribution in [2.45, 2.75) is 51.3 Å². The Morgan fingerprint density at radius 1 is 1.11 bits per heavy atom. The quantitative estimate of drug-likeness (QED) is 0.311. The Morgan fingerprint density at radius 3 is 2.45 bits per heavy atom. The number of nitrogens with zero attached hydrogens (tertiary/aromatic N) is 2. The Hall–Kier alpha value is -2.75. The molecule has 0 unspecified atom stereocenters. The monoisotopic (exact) mass is 534 g/mol. The van der Waals surface area contributed by atoms with E-state index in [2.05, 4.69) is 9.88 Å². The number of alkyl halides is 1. The predicted octanol–water partition coefficient (Wildman–Crippen LogP) is 5.65. The lowest BCUT2D eigenvalue weighted by molar-refractivity contribution is 0.0233. The first kappa shape index (κ1) is 28.3. The number of halogens is 4. The van der Waals surface area contributed by atoms with Crippen LogP contribution in [0.1, 0.15) is 54.9 Å². The highest BCUT2D eigenvalue weighted by Crippen LogP contribution is 2.40. The van der Waals surface area contributed by atoms with E-state index in [1.807, 2.05) is 0 Å². The molecule has 0 spiro atoms.